The second-order valence-corrected chi connectivity index (χ2v) is 7.28. The van der Waals surface area contributed by atoms with Crippen molar-refractivity contribution < 1.29 is 0 Å². The van der Waals surface area contributed by atoms with Crippen molar-refractivity contribution in [2.75, 3.05) is 0 Å². The Hall–Kier alpha value is -2.86. The molecule has 0 aliphatic heterocycles. The molecule has 0 amide bonds. The van der Waals surface area contributed by atoms with Crippen LogP contribution in [0.2, 0.25) is 0 Å². The van der Waals surface area contributed by atoms with Gasteiger partial charge in [-0.3, -0.25) is 0 Å². The fourth-order valence-electron chi connectivity index (χ4n) is 4.53. The number of hydrogen-bond donors (Lipinski definition) is 0. The summed E-state index contributed by atoms with van der Waals surface area (Å²) < 4.78 is 0. The third-order valence-electron chi connectivity index (χ3n) is 5.43. The minimum Gasteiger partial charge on any atom is -0.0610 e. The molecule has 0 saturated carbocycles. The average molecular weight is 320 g/mol. The Morgan fingerprint density at radius 2 is 1.00 bits per heavy atom. The summed E-state index contributed by atoms with van der Waals surface area (Å²) in [5.41, 5.74) is 6.73. The predicted molar refractivity (Wildman–Crippen MR) is 110 cm³/mol. The van der Waals surface area contributed by atoms with Crippen LogP contribution in [0.4, 0.5) is 0 Å². The largest absolute Gasteiger partial charge is 0.0610 e. The van der Waals surface area contributed by atoms with Gasteiger partial charge in [0.15, 0.2) is 0 Å². The minimum absolute atomic E-state index is 1.32. The summed E-state index contributed by atoms with van der Waals surface area (Å²) in [6.07, 6.45) is 0. The molecule has 0 bridgehead atoms. The molecule has 0 aromatic heterocycles. The Morgan fingerprint density at radius 1 is 0.520 bits per heavy atom. The minimum atomic E-state index is 1.32. The van der Waals surface area contributed by atoms with E-state index in [9.17, 15) is 0 Å². The van der Waals surface area contributed by atoms with Crippen molar-refractivity contribution in [2.45, 2.75) is 20.8 Å². The number of hydrogen-bond acceptors (Lipinski definition) is 0. The van der Waals surface area contributed by atoms with E-state index in [0.717, 1.165) is 0 Å². The Kier molecular flexibility index (Phi) is 2.93. The van der Waals surface area contributed by atoms with Crippen molar-refractivity contribution in [3.8, 4) is 11.1 Å². The number of benzene rings is 5. The lowest BCUT2D eigenvalue weighted by Crippen LogP contribution is -1.91. The maximum absolute atomic E-state index is 2.36. The van der Waals surface area contributed by atoms with E-state index in [0.29, 0.717) is 0 Å². The highest BCUT2D eigenvalue weighted by molar-refractivity contribution is 6.23. The quantitative estimate of drug-likeness (QED) is 0.287. The molecule has 0 heteroatoms. The van der Waals surface area contributed by atoms with E-state index < -0.39 is 0 Å². The molecule has 25 heavy (non-hydrogen) atoms. The lowest BCUT2D eigenvalue weighted by molar-refractivity contribution is 1.32. The summed E-state index contributed by atoms with van der Waals surface area (Å²) >= 11 is 0. The molecule has 0 N–H and O–H groups in total. The first-order valence-electron chi connectivity index (χ1n) is 8.87. The molecule has 0 aliphatic carbocycles. The van der Waals surface area contributed by atoms with E-state index in [-0.39, 0.29) is 0 Å². The molecule has 0 aliphatic rings. The van der Waals surface area contributed by atoms with Gasteiger partial charge < -0.3 is 0 Å². The fraction of sp³-hybridized carbons (Fsp3) is 0.120. The first-order chi connectivity index (χ1) is 12.1. The second kappa shape index (κ2) is 5.07. The van der Waals surface area contributed by atoms with Gasteiger partial charge in [-0.25, -0.2) is 0 Å². The van der Waals surface area contributed by atoms with Gasteiger partial charge in [0, 0.05) is 0 Å². The van der Waals surface area contributed by atoms with Crippen LogP contribution in [0.15, 0.2) is 66.7 Å². The van der Waals surface area contributed by atoms with Crippen LogP contribution in [0.1, 0.15) is 16.7 Å². The molecule has 120 valence electrons. The molecule has 5 aromatic rings. The zero-order valence-electron chi connectivity index (χ0n) is 14.9. The van der Waals surface area contributed by atoms with Gasteiger partial charge >= 0.3 is 0 Å². The maximum atomic E-state index is 2.36. The smallest absolute Gasteiger partial charge is 0.00264 e. The van der Waals surface area contributed by atoms with E-state index >= 15 is 0 Å². The van der Waals surface area contributed by atoms with Crippen molar-refractivity contribution in [2.24, 2.45) is 0 Å². The van der Waals surface area contributed by atoms with E-state index in [1.807, 2.05) is 0 Å². The summed E-state index contributed by atoms with van der Waals surface area (Å²) in [4.78, 5) is 0. The van der Waals surface area contributed by atoms with E-state index in [2.05, 4.69) is 87.5 Å². The highest BCUT2D eigenvalue weighted by atomic mass is 14.2. The van der Waals surface area contributed by atoms with Crippen molar-refractivity contribution in [3.05, 3.63) is 83.4 Å². The summed E-state index contributed by atoms with van der Waals surface area (Å²) in [6, 6.07) is 24.9. The predicted octanol–water partition coefficient (Wildman–Crippen LogP) is 7.18. The molecule has 5 rings (SSSR count). The monoisotopic (exact) mass is 320 g/mol. The molecular weight excluding hydrogens is 300 g/mol. The third kappa shape index (κ3) is 2.07. The van der Waals surface area contributed by atoms with Crippen LogP contribution in [-0.4, -0.2) is 0 Å². The zero-order chi connectivity index (χ0) is 17.1. The molecule has 0 unspecified atom stereocenters. The van der Waals surface area contributed by atoms with Gasteiger partial charge in [0.25, 0.3) is 0 Å². The number of rotatable bonds is 1. The van der Waals surface area contributed by atoms with Crippen molar-refractivity contribution in [1.82, 2.24) is 0 Å². The topological polar surface area (TPSA) is 0 Å². The normalized spacial score (nSPS) is 11.8. The van der Waals surface area contributed by atoms with E-state index in [1.165, 1.54) is 60.1 Å². The molecule has 0 fully saturated rings. The van der Waals surface area contributed by atoms with Gasteiger partial charge in [-0.15, -0.1) is 0 Å². The lowest BCUT2D eigenvalue weighted by atomic mass is 9.88. The van der Waals surface area contributed by atoms with Gasteiger partial charge in [0.1, 0.15) is 0 Å². The third-order valence-corrected chi connectivity index (χ3v) is 5.43. The Morgan fingerprint density at radius 3 is 1.56 bits per heavy atom. The Labute approximate surface area is 148 Å². The lowest BCUT2D eigenvalue weighted by Gasteiger charge is -2.16. The standard InChI is InChI=1S/C25H20/c1-15-11-16(2)23(17(3)12-15)22-13-20-9-7-18-5-4-6-19-8-10-21(14-22)25(20)24(18)19/h4-14H,1-3H3. The summed E-state index contributed by atoms with van der Waals surface area (Å²) in [5.74, 6) is 0. The Bertz CT molecular complexity index is 1170. The Balaban J connectivity index is 1.91. The molecule has 0 spiro atoms. The van der Waals surface area contributed by atoms with Gasteiger partial charge in [-0.05, 0) is 87.5 Å². The molecule has 5 aromatic carbocycles. The van der Waals surface area contributed by atoms with Gasteiger partial charge in [-0.2, -0.15) is 0 Å². The summed E-state index contributed by atoms with van der Waals surface area (Å²) in [7, 11) is 0. The van der Waals surface area contributed by atoms with Crippen LogP contribution in [0.25, 0.3) is 43.4 Å². The first-order valence-corrected chi connectivity index (χ1v) is 8.87. The van der Waals surface area contributed by atoms with Crippen LogP contribution in [0, 0.1) is 20.8 Å². The molecule has 0 atom stereocenters. The molecule has 0 nitrogen and oxygen atoms in total. The fourth-order valence-corrected chi connectivity index (χ4v) is 4.53. The van der Waals surface area contributed by atoms with Crippen LogP contribution in [0.3, 0.4) is 0 Å². The SMILES string of the molecule is Cc1cc(C)c(-c2cc3ccc4cccc5ccc(c2)c3c45)c(C)c1. The molecule has 0 heterocycles. The van der Waals surface area contributed by atoms with Gasteiger partial charge in [0.2, 0.25) is 0 Å². The van der Waals surface area contributed by atoms with Gasteiger partial charge in [-0.1, -0.05) is 60.2 Å². The van der Waals surface area contributed by atoms with E-state index in [1.54, 1.807) is 0 Å². The highest BCUT2D eigenvalue weighted by Crippen LogP contribution is 2.38. The highest BCUT2D eigenvalue weighted by Gasteiger charge is 2.12. The maximum Gasteiger partial charge on any atom is -0.00264 e. The molecule has 0 radical (unpaired) electrons. The van der Waals surface area contributed by atoms with Gasteiger partial charge in [0.05, 0.1) is 0 Å². The summed E-state index contributed by atoms with van der Waals surface area (Å²) in [5, 5.41) is 8.09. The number of aryl methyl sites for hydroxylation is 3. The zero-order valence-corrected chi connectivity index (χ0v) is 14.9. The van der Waals surface area contributed by atoms with E-state index in [4.69, 9.17) is 0 Å². The second-order valence-electron chi connectivity index (χ2n) is 7.28. The van der Waals surface area contributed by atoms with Crippen LogP contribution < -0.4 is 0 Å². The summed E-state index contributed by atoms with van der Waals surface area (Å²) in [6.45, 7) is 6.61. The van der Waals surface area contributed by atoms with Crippen molar-refractivity contribution in [1.29, 1.82) is 0 Å². The molecule has 0 saturated heterocycles. The molecular formula is C25H20. The van der Waals surface area contributed by atoms with Crippen molar-refractivity contribution >= 4 is 32.3 Å². The van der Waals surface area contributed by atoms with Crippen molar-refractivity contribution in [3.63, 3.8) is 0 Å². The van der Waals surface area contributed by atoms with Crippen LogP contribution in [0.5, 0.6) is 0 Å². The van der Waals surface area contributed by atoms with Crippen LogP contribution >= 0.6 is 0 Å². The first kappa shape index (κ1) is 14.5. The van der Waals surface area contributed by atoms with Crippen LogP contribution in [-0.2, 0) is 0 Å². The average Bonchev–Trinajstić information content (AvgIpc) is 2.58.